The Labute approximate surface area is 305 Å². The number of carboxylic acids is 1. The van der Waals surface area contributed by atoms with Crippen molar-refractivity contribution in [2.45, 2.75) is 150 Å². The lowest BCUT2D eigenvalue weighted by molar-refractivity contribution is -0.145. The number of aliphatic carboxylic acids is 1. The van der Waals surface area contributed by atoms with Gasteiger partial charge in [0.15, 0.2) is 0 Å². The van der Waals surface area contributed by atoms with Gasteiger partial charge in [-0.2, -0.15) is 5.12 Å². The van der Waals surface area contributed by atoms with E-state index < -0.39 is 35.6 Å². The van der Waals surface area contributed by atoms with Gasteiger partial charge in [0, 0.05) is 37.9 Å². The fourth-order valence-electron chi connectivity index (χ4n) is 9.34. The molecule has 6 N–H and O–H groups in total. The zero-order chi connectivity index (χ0) is 35.5. The number of carboxylic acid groups (broad SMARTS) is 1. The van der Waals surface area contributed by atoms with E-state index in [9.17, 15) is 24.3 Å². The molecule has 3 amide bonds. The summed E-state index contributed by atoms with van der Waals surface area (Å²) in [5, 5.41) is 21.9. The van der Waals surface area contributed by atoms with Gasteiger partial charge in [0.2, 0.25) is 11.8 Å². The lowest BCUT2D eigenvalue weighted by Crippen LogP contribution is -2.56. The maximum Gasteiger partial charge on any atom is 0.408 e. The Morgan fingerprint density at radius 2 is 1.75 bits per heavy atom. The lowest BCUT2D eigenvalue weighted by atomic mass is 9.80. The number of amides is 3. The molecule has 0 aromatic heterocycles. The fraction of sp³-hybridized carbons (Fsp3) is 0.833. The predicted molar refractivity (Wildman–Crippen MR) is 191 cm³/mol. The highest BCUT2D eigenvalue weighted by Crippen LogP contribution is 2.45. The summed E-state index contributed by atoms with van der Waals surface area (Å²) in [7, 11) is 1.79. The van der Waals surface area contributed by atoms with Crippen LogP contribution < -0.4 is 26.8 Å². The molecule has 51 heavy (non-hydrogen) atoms. The minimum atomic E-state index is -1.38. The second kappa shape index (κ2) is 16.3. The summed E-state index contributed by atoms with van der Waals surface area (Å²) in [6, 6.07) is -1.76. The molecule has 7 aliphatic rings. The van der Waals surface area contributed by atoms with Crippen molar-refractivity contribution in [3.63, 3.8) is 0 Å². The van der Waals surface area contributed by atoms with Gasteiger partial charge in [-0.3, -0.25) is 9.59 Å². The highest BCUT2D eigenvalue weighted by molar-refractivity contribution is 8.00. The monoisotopic (exact) mass is 731 g/mol. The second-order valence-electron chi connectivity index (χ2n) is 15.7. The number of ether oxygens (including phenoxy) is 2. The highest BCUT2D eigenvalue weighted by Gasteiger charge is 2.61. The van der Waals surface area contributed by atoms with Crippen molar-refractivity contribution in [3.05, 3.63) is 12.2 Å². The molecule has 15 heteroatoms. The Kier molecular flexibility index (Phi) is 11.8. The van der Waals surface area contributed by atoms with Crippen molar-refractivity contribution in [2.75, 3.05) is 26.0 Å². The van der Waals surface area contributed by atoms with Gasteiger partial charge < -0.3 is 35.4 Å². The van der Waals surface area contributed by atoms with Crippen molar-refractivity contribution in [2.24, 2.45) is 11.8 Å². The van der Waals surface area contributed by atoms with Crippen LogP contribution in [-0.4, -0.2) is 118 Å². The van der Waals surface area contributed by atoms with Crippen molar-refractivity contribution in [3.8, 4) is 0 Å². The number of methoxy groups -OCH3 is 1. The summed E-state index contributed by atoms with van der Waals surface area (Å²) in [5.74, 6) is -0.672. The maximum absolute atomic E-state index is 14.6. The van der Waals surface area contributed by atoms with Crippen LogP contribution in [0.25, 0.3) is 0 Å². The van der Waals surface area contributed by atoms with Crippen LogP contribution in [0.1, 0.15) is 96.3 Å². The van der Waals surface area contributed by atoms with Crippen LogP contribution in [-0.2, 0) is 23.9 Å². The summed E-state index contributed by atoms with van der Waals surface area (Å²) >= 11 is 1.91. The smallest absolute Gasteiger partial charge is 0.408 e. The second-order valence-corrected chi connectivity index (χ2v) is 17.0. The number of alkyl carbamates (subject to hydrolysis) is 1. The molecule has 6 fully saturated rings. The number of hydrogen-bond donors (Lipinski definition) is 6. The molecular weight excluding hydrogens is 675 g/mol. The molecule has 3 unspecified atom stereocenters. The van der Waals surface area contributed by atoms with Crippen molar-refractivity contribution < 1.29 is 33.8 Å². The molecule has 7 rings (SSSR count). The molecule has 3 aliphatic carbocycles. The molecule has 14 nitrogen and oxygen atoms in total. The van der Waals surface area contributed by atoms with Gasteiger partial charge in [0.25, 0.3) is 0 Å². The number of nitrogens with one attached hydrogen (secondary N) is 5. The molecule has 0 spiro atoms. The number of carbonyl (C=O) groups is 4. The van der Waals surface area contributed by atoms with E-state index in [1.807, 2.05) is 29.0 Å². The highest BCUT2D eigenvalue weighted by atomic mass is 32.2. The summed E-state index contributed by atoms with van der Waals surface area (Å²) in [4.78, 5) is 56.0. The zero-order valence-electron chi connectivity index (χ0n) is 29.9. The van der Waals surface area contributed by atoms with E-state index >= 15 is 0 Å². The Bertz CT molecular complexity index is 1300. The summed E-state index contributed by atoms with van der Waals surface area (Å²) < 4.78 is 11.4. The van der Waals surface area contributed by atoms with Crippen LogP contribution in [0, 0.1) is 11.8 Å². The molecular formula is C36H57N7O7S. The summed E-state index contributed by atoms with van der Waals surface area (Å²) in [5.41, 5.74) is 6.17. The van der Waals surface area contributed by atoms with E-state index in [1.165, 1.54) is 0 Å². The summed E-state index contributed by atoms with van der Waals surface area (Å²) in [6.45, 7) is 1.20. The molecule has 0 radical (unpaired) electrons. The van der Waals surface area contributed by atoms with Gasteiger partial charge in [-0.1, -0.05) is 25.0 Å². The Morgan fingerprint density at radius 1 is 0.980 bits per heavy atom. The van der Waals surface area contributed by atoms with Crippen LogP contribution >= 0.6 is 11.8 Å². The number of hydrogen-bond acceptors (Lipinski definition) is 11. The number of hydrazine groups is 2. The third kappa shape index (κ3) is 8.23. The molecule has 284 valence electrons. The SMILES string of the molecule is COC1CCC(C2NN([C@@H]3C[C@H]4C(=O)N[C@@]5(C(=O)O)C[C@H]5/C=C\CCCCC[C@@H](NC(=O)OC5CCCC5)C(=O)N4C3)NC2C2NCCS2)CC1. The van der Waals surface area contributed by atoms with Gasteiger partial charge in [0.1, 0.15) is 23.7 Å². The number of thioether (sulfide) groups is 1. The van der Waals surface area contributed by atoms with Crippen molar-refractivity contribution >= 4 is 35.6 Å². The quantitative estimate of drug-likeness (QED) is 0.212. The first-order chi connectivity index (χ1) is 24.8. The minimum Gasteiger partial charge on any atom is -0.479 e. The number of nitrogens with zero attached hydrogens (tertiary/aromatic N) is 2. The third-order valence-corrected chi connectivity index (χ3v) is 13.7. The number of fused-ring (bicyclic) bond motifs is 2. The van der Waals surface area contributed by atoms with Gasteiger partial charge in [-0.15, -0.1) is 11.8 Å². The molecule has 0 aromatic carbocycles. The standard InChI is InChI=1S/C36H57N7O7S/c1-49-25-15-13-22(14-16-25)29-30(32-37-17-18-51-32)41-43(40-29)24-19-28-31(44)39-36(34(46)47)20-23(36)9-5-3-2-4-6-12-27(33(45)42(28)21-24)38-35(48)50-26-10-7-8-11-26/h5,9,22-30,32,37,40-41H,2-4,6-8,10-21H2,1H3,(H,38,48)(H,39,44)(H,46,47)/b9-5-/t22?,23-,24-,25?,27-,28+,29?,30?,32?,36+/m1/s1. The largest absolute Gasteiger partial charge is 0.479 e. The minimum absolute atomic E-state index is 0.109. The van der Waals surface area contributed by atoms with Crippen LogP contribution in [0.4, 0.5) is 4.79 Å². The predicted octanol–water partition coefficient (Wildman–Crippen LogP) is 2.40. The van der Waals surface area contributed by atoms with E-state index in [0.717, 1.165) is 89.3 Å². The van der Waals surface area contributed by atoms with Crippen molar-refractivity contribution in [1.82, 2.24) is 36.8 Å². The van der Waals surface area contributed by atoms with Gasteiger partial charge in [-0.25, -0.2) is 20.4 Å². The van der Waals surface area contributed by atoms with E-state index in [0.29, 0.717) is 31.3 Å². The summed E-state index contributed by atoms with van der Waals surface area (Å²) in [6.07, 6.45) is 15.6. The normalized spacial score (nSPS) is 40.5. The van der Waals surface area contributed by atoms with Crippen molar-refractivity contribution in [1.29, 1.82) is 0 Å². The molecule has 8 atom stereocenters. The molecule has 4 aliphatic heterocycles. The average molecular weight is 732 g/mol. The van der Waals surface area contributed by atoms with E-state index in [1.54, 1.807) is 12.0 Å². The fourth-order valence-corrected chi connectivity index (χ4v) is 10.5. The van der Waals surface area contributed by atoms with Crippen LogP contribution in [0.3, 0.4) is 0 Å². The number of rotatable bonds is 7. The van der Waals surface area contributed by atoms with Gasteiger partial charge in [-0.05, 0) is 89.4 Å². The topological polar surface area (TPSA) is 174 Å². The van der Waals surface area contributed by atoms with Gasteiger partial charge in [0.05, 0.1) is 23.6 Å². The third-order valence-electron chi connectivity index (χ3n) is 12.5. The Morgan fingerprint density at radius 3 is 2.47 bits per heavy atom. The number of carbonyl (C=O) groups excluding carboxylic acids is 3. The van der Waals surface area contributed by atoms with Gasteiger partial charge >= 0.3 is 12.1 Å². The van der Waals surface area contributed by atoms with E-state index in [4.69, 9.17) is 9.47 Å². The van der Waals surface area contributed by atoms with E-state index in [2.05, 4.69) is 26.8 Å². The zero-order valence-corrected chi connectivity index (χ0v) is 30.7. The van der Waals surface area contributed by atoms with Crippen LogP contribution in [0.15, 0.2) is 12.2 Å². The average Bonchev–Trinajstić information content (AvgIpc) is 3.77. The molecule has 4 heterocycles. The first kappa shape index (κ1) is 36.9. The van der Waals surface area contributed by atoms with Crippen LogP contribution in [0.5, 0.6) is 0 Å². The molecule has 3 saturated carbocycles. The Hall–Kier alpha value is -2.43. The maximum atomic E-state index is 14.6. The number of allylic oxidation sites excluding steroid dienone is 1. The molecule has 3 saturated heterocycles. The van der Waals surface area contributed by atoms with Crippen LogP contribution in [0.2, 0.25) is 0 Å². The van der Waals surface area contributed by atoms with E-state index in [-0.39, 0.29) is 48.0 Å². The molecule has 0 aromatic rings. The molecule has 0 bridgehead atoms. The Balaban J connectivity index is 1.12. The lowest BCUT2D eigenvalue weighted by Gasteiger charge is -2.35. The first-order valence-corrected chi connectivity index (χ1v) is 20.5. The first-order valence-electron chi connectivity index (χ1n) is 19.4.